The lowest BCUT2D eigenvalue weighted by Gasteiger charge is -2.23. The largest absolute Gasteiger partial charge is 0.508 e. The van der Waals surface area contributed by atoms with Gasteiger partial charge in [0.2, 0.25) is 0 Å². The maximum absolute atomic E-state index is 9.66. The number of phenolic OH excluding ortho intramolecular Hbond substituents is 1. The second-order valence-corrected chi connectivity index (χ2v) is 4.93. The summed E-state index contributed by atoms with van der Waals surface area (Å²) in [7, 11) is 0. The summed E-state index contributed by atoms with van der Waals surface area (Å²) in [5.41, 5.74) is 0.829. The summed E-state index contributed by atoms with van der Waals surface area (Å²) in [6.07, 6.45) is 0.994. The van der Waals surface area contributed by atoms with Gasteiger partial charge >= 0.3 is 0 Å². The summed E-state index contributed by atoms with van der Waals surface area (Å²) in [5, 5.41) is 13.7. The molecule has 2 N–H and O–H groups in total. The molecule has 16 heavy (non-hydrogen) atoms. The van der Waals surface area contributed by atoms with E-state index in [0.717, 1.165) is 18.6 Å². The third kappa shape index (κ3) is 2.67. The van der Waals surface area contributed by atoms with Crippen LogP contribution >= 0.6 is 11.6 Å². The van der Waals surface area contributed by atoms with Crippen LogP contribution in [0.4, 0.5) is 0 Å². The molecule has 0 spiro atoms. The van der Waals surface area contributed by atoms with Gasteiger partial charge in [-0.15, -0.1) is 0 Å². The van der Waals surface area contributed by atoms with Gasteiger partial charge in [0.25, 0.3) is 0 Å². The fourth-order valence-corrected chi connectivity index (χ4v) is 2.01. The fourth-order valence-electron chi connectivity index (χ4n) is 1.81. The number of aromatic hydroxyl groups is 1. The highest BCUT2D eigenvalue weighted by Gasteiger charge is 2.28. The molecule has 0 saturated carbocycles. The van der Waals surface area contributed by atoms with E-state index >= 15 is 0 Å². The molecule has 1 saturated heterocycles. The van der Waals surface area contributed by atoms with Gasteiger partial charge in [0.15, 0.2) is 0 Å². The number of benzene rings is 1. The van der Waals surface area contributed by atoms with Crippen LogP contribution in [0.15, 0.2) is 18.2 Å². The highest BCUT2D eigenvalue weighted by molar-refractivity contribution is 6.30. The van der Waals surface area contributed by atoms with Crippen LogP contribution in [0.2, 0.25) is 5.02 Å². The highest BCUT2D eigenvalue weighted by atomic mass is 35.5. The number of hydrogen-bond donors (Lipinski definition) is 2. The van der Waals surface area contributed by atoms with Crippen LogP contribution in [0, 0.1) is 0 Å². The summed E-state index contributed by atoms with van der Waals surface area (Å²) >= 11 is 5.88. The summed E-state index contributed by atoms with van der Waals surface area (Å²) < 4.78 is 5.35. The molecule has 1 aliphatic heterocycles. The lowest BCUT2D eigenvalue weighted by molar-refractivity contribution is 0.171. The van der Waals surface area contributed by atoms with Crippen LogP contribution in [0.5, 0.6) is 5.75 Å². The molecule has 1 aromatic rings. The van der Waals surface area contributed by atoms with E-state index in [1.54, 1.807) is 18.2 Å². The minimum Gasteiger partial charge on any atom is -0.508 e. The van der Waals surface area contributed by atoms with Crippen molar-refractivity contribution in [1.29, 1.82) is 0 Å². The van der Waals surface area contributed by atoms with Crippen LogP contribution in [-0.4, -0.2) is 23.9 Å². The topological polar surface area (TPSA) is 41.5 Å². The second-order valence-electron chi connectivity index (χ2n) is 4.49. The molecule has 1 fully saturated rings. The van der Waals surface area contributed by atoms with Crippen molar-refractivity contribution in [3.05, 3.63) is 28.8 Å². The Morgan fingerprint density at radius 3 is 3.06 bits per heavy atom. The van der Waals surface area contributed by atoms with E-state index in [1.807, 2.05) is 0 Å². The highest BCUT2D eigenvalue weighted by Crippen LogP contribution is 2.23. The van der Waals surface area contributed by atoms with Gasteiger partial charge in [0, 0.05) is 29.3 Å². The van der Waals surface area contributed by atoms with Crippen LogP contribution in [0.1, 0.15) is 18.9 Å². The minimum atomic E-state index is 0.00869. The zero-order chi connectivity index (χ0) is 11.6. The molecule has 88 valence electrons. The number of halogens is 1. The molecule has 3 nitrogen and oxygen atoms in total. The molecule has 1 atom stereocenters. The SMILES string of the molecule is CC1(NCc2cc(Cl)ccc2O)CCOC1. The average Bonchev–Trinajstić information content (AvgIpc) is 2.67. The Hall–Kier alpha value is -0.770. The van der Waals surface area contributed by atoms with Gasteiger partial charge in [-0.05, 0) is 31.5 Å². The van der Waals surface area contributed by atoms with Crippen molar-refractivity contribution < 1.29 is 9.84 Å². The average molecular weight is 242 g/mol. The Bertz CT molecular complexity index is 375. The normalized spacial score (nSPS) is 24.9. The van der Waals surface area contributed by atoms with Crippen molar-refractivity contribution in [1.82, 2.24) is 5.32 Å². The van der Waals surface area contributed by atoms with Crippen molar-refractivity contribution in [2.45, 2.75) is 25.4 Å². The van der Waals surface area contributed by atoms with Gasteiger partial charge in [-0.1, -0.05) is 11.6 Å². The fraction of sp³-hybridized carbons (Fsp3) is 0.500. The second kappa shape index (κ2) is 4.62. The third-order valence-corrected chi connectivity index (χ3v) is 3.20. The van der Waals surface area contributed by atoms with E-state index in [0.29, 0.717) is 18.2 Å². The first-order valence-corrected chi connectivity index (χ1v) is 5.77. The van der Waals surface area contributed by atoms with Crippen LogP contribution in [0.25, 0.3) is 0 Å². The summed E-state index contributed by atoms with van der Waals surface area (Å²) in [4.78, 5) is 0. The van der Waals surface area contributed by atoms with Crippen molar-refractivity contribution in [3.63, 3.8) is 0 Å². The summed E-state index contributed by atoms with van der Waals surface area (Å²) in [6.45, 7) is 4.24. The number of hydrogen-bond acceptors (Lipinski definition) is 3. The van der Waals surface area contributed by atoms with Crippen LogP contribution in [0.3, 0.4) is 0 Å². The van der Waals surface area contributed by atoms with Crippen molar-refractivity contribution >= 4 is 11.6 Å². The van der Waals surface area contributed by atoms with E-state index < -0.39 is 0 Å². The standard InChI is InChI=1S/C12H16ClNO2/c1-12(4-5-16-8-12)14-7-9-6-10(13)2-3-11(9)15/h2-3,6,14-15H,4-5,7-8H2,1H3. The summed E-state index contributed by atoms with van der Waals surface area (Å²) in [5.74, 6) is 0.277. The number of rotatable bonds is 3. The van der Waals surface area contributed by atoms with E-state index in [-0.39, 0.29) is 11.3 Å². The van der Waals surface area contributed by atoms with E-state index in [1.165, 1.54) is 0 Å². The van der Waals surface area contributed by atoms with Gasteiger partial charge in [0.1, 0.15) is 5.75 Å². The first-order chi connectivity index (χ1) is 7.59. The van der Waals surface area contributed by atoms with Crippen molar-refractivity contribution in [2.75, 3.05) is 13.2 Å². The molecule has 2 rings (SSSR count). The molecule has 0 bridgehead atoms. The zero-order valence-corrected chi connectivity index (χ0v) is 10.0. The van der Waals surface area contributed by atoms with Crippen LogP contribution < -0.4 is 5.32 Å². The molecule has 1 aromatic carbocycles. The number of ether oxygens (including phenoxy) is 1. The maximum Gasteiger partial charge on any atom is 0.120 e. The lowest BCUT2D eigenvalue weighted by atomic mass is 10.0. The Labute approximate surface area is 100 Å². The lowest BCUT2D eigenvalue weighted by Crippen LogP contribution is -2.42. The molecule has 1 heterocycles. The van der Waals surface area contributed by atoms with Crippen LogP contribution in [-0.2, 0) is 11.3 Å². The molecule has 0 aliphatic carbocycles. The third-order valence-electron chi connectivity index (χ3n) is 2.97. The van der Waals surface area contributed by atoms with Gasteiger partial charge in [0.05, 0.1) is 6.61 Å². The van der Waals surface area contributed by atoms with Gasteiger partial charge in [-0.3, -0.25) is 0 Å². The van der Waals surface area contributed by atoms with Gasteiger partial charge in [-0.2, -0.15) is 0 Å². The van der Waals surface area contributed by atoms with E-state index in [4.69, 9.17) is 16.3 Å². The smallest absolute Gasteiger partial charge is 0.120 e. The van der Waals surface area contributed by atoms with E-state index in [9.17, 15) is 5.11 Å². The maximum atomic E-state index is 9.66. The Balaban J connectivity index is 2.01. The zero-order valence-electron chi connectivity index (χ0n) is 9.29. The molecule has 1 aliphatic rings. The van der Waals surface area contributed by atoms with E-state index in [2.05, 4.69) is 12.2 Å². The first kappa shape index (κ1) is 11.7. The molecular formula is C12H16ClNO2. The van der Waals surface area contributed by atoms with Crippen molar-refractivity contribution in [2.24, 2.45) is 0 Å². The van der Waals surface area contributed by atoms with Gasteiger partial charge < -0.3 is 15.2 Å². The number of nitrogens with one attached hydrogen (secondary N) is 1. The predicted molar refractivity (Wildman–Crippen MR) is 63.8 cm³/mol. The molecular weight excluding hydrogens is 226 g/mol. The summed E-state index contributed by atoms with van der Waals surface area (Å²) in [6, 6.07) is 5.08. The van der Waals surface area contributed by atoms with Gasteiger partial charge in [-0.25, -0.2) is 0 Å². The molecule has 0 amide bonds. The molecule has 0 radical (unpaired) electrons. The monoisotopic (exact) mass is 241 g/mol. The first-order valence-electron chi connectivity index (χ1n) is 5.39. The number of phenols is 1. The van der Waals surface area contributed by atoms with Crippen molar-refractivity contribution in [3.8, 4) is 5.75 Å². The predicted octanol–water partition coefficient (Wildman–Crippen LogP) is 2.31. The molecule has 4 heteroatoms. The Morgan fingerprint density at radius 2 is 2.38 bits per heavy atom. The molecule has 1 unspecified atom stereocenters. The minimum absolute atomic E-state index is 0.00869. The molecule has 0 aromatic heterocycles. The Kier molecular flexibility index (Phi) is 3.38. The Morgan fingerprint density at radius 1 is 1.56 bits per heavy atom. The quantitative estimate of drug-likeness (QED) is 0.854.